The lowest BCUT2D eigenvalue weighted by Gasteiger charge is -2.29. The predicted octanol–water partition coefficient (Wildman–Crippen LogP) is 2.79. The Labute approximate surface area is 182 Å². The van der Waals surface area contributed by atoms with Crippen molar-refractivity contribution in [3.05, 3.63) is 34.1 Å². The molecule has 3 heterocycles. The van der Waals surface area contributed by atoms with Gasteiger partial charge in [0, 0.05) is 45.0 Å². The topological polar surface area (TPSA) is 102 Å². The first-order chi connectivity index (χ1) is 14.7. The zero-order chi connectivity index (χ0) is 22.7. The van der Waals surface area contributed by atoms with Crippen LogP contribution in [0.3, 0.4) is 0 Å². The van der Waals surface area contributed by atoms with Crippen LogP contribution in [0.4, 0.5) is 5.82 Å². The lowest BCUT2D eigenvalue weighted by atomic mass is 10.0. The Hall–Kier alpha value is -2.81. The predicted molar refractivity (Wildman–Crippen MR) is 115 cm³/mol. The van der Waals surface area contributed by atoms with Gasteiger partial charge in [0.25, 0.3) is 5.91 Å². The molecule has 9 heteroatoms. The number of methoxy groups -OCH3 is 1. The number of hydrogen-bond donors (Lipinski definition) is 0. The number of carbonyl (C=O) groups excluding carboxylic acids is 2. The van der Waals surface area contributed by atoms with E-state index in [-0.39, 0.29) is 24.3 Å². The highest BCUT2D eigenvalue weighted by molar-refractivity contribution is 5.96. The standard InChI is InChI=1S/C22H31N5O4/c1-13(2)20-19(15(4)31-25-20)22(29)26(5)12-17-23-14(3)16-8-9-18(28)27(21(16)24-17)10-7-11-30-6/h13H,7-12H2,1-6H3. The van der Waals surface area contributed by atoms with Crippen LogP contribution in [-0.4, -0.2) is 59.1 Å². The lowest BCUT2D eigenvalue weighted by Crippen LogP contribution is -2.38. The maximum absolute atomic E-state index is 13.1. The quantitative estimate of drug-likeness (QED) is 0.595. The second-order valence-corrected chi connectivity index (χ2v) is 8.23. The summed E-state index contributed by atoms with van der Waals surface area (Å²) in [6, 6.07) is 0. The molecule has 3 rings (SSSR count). The van der Waals surface area contributed by atoms with Gasteiger partial charge in [-0.25, -0.2) is 9.97 Å². The Morgan fingerprint density at radius 1 is 1.26 bits per heavy atom. The van der Waals surface area contributed by atoms with E-state index in [4.69, 9.17) is 9.26 Å². The van der Waals surface area contributed by atoms with Gasteiger partial charge in [-0.15, -0.1) is 0 Å². The third-order valence-corrected chi connectivity index (χ3v) is 5.49. The molecule has 168 valence electrons. The Bertz CT molecular complexity index is 969. The minimum Gasteiger partial charge on any atom is -0.385 e. The van der Waals surface area contributed by atoms with Gasteiger partial charge < -0.3 is 14.2 Å². The van der Waals surface area contributed by atoms with E-state index in [0.717, 1.165) is 17.7 Å². The smallest absolute Gasteiger partial charge is 0.259 e. The largest absolute Gasteiger partial charge is 0.385 e. The number of amides is 2. The molecule has 0 aliphatic carbocycles. The van der Waals surface area contributed by atoms with Gasteiger partial charge in [-0.05, 0) is 32.6 Å². The molecule has 0 spiro atoms. The Morgan fingerprint density at radius 3 is 2.68 bits per heavy atom. The maximum atomic E-state index is 13.1. The SMILES string of the molecule is COCCCN1C(=O)CCc2c(C)nc(CN(C)C(=O)c3c(C(C)C)noc3C)nc21. The molecule has 0 saturated heterocycles. The van der Waals surface area contributed by atoms with Gasteiger partial charge >= 0.3 is 0 Å². The van der Waals surface area contributed by atoms with Crippen molar-refractivity contribution in [1.82, 2.24) is 20.0 Å². The summed E-state index contributed by atoms with van der Waals surface area (Å²) in [4.78, 5) is 38.2. The van der Waals surface area contributed by atoms with E-state index in [0.29, 0.717) is 54.7 Å². The summed E-state index contributed by atoms with van der Waals surface area (Å²) in [5.74, 6) is 1.59. The van der Waals surface area contributed by atoms with Crippen molar-refractivity contribution in [2.45, 2.75) is 59.4 Å². The molecular weight excluding hydrogens is 398 g/mol. The maximum Gasteiger partial charge on any atom is 0.259 e. The molecule has 0 aromatic carbocycles. The molecule has 0 bridgehead atoms. The average Bonchev–Trinajstić information content (AvgIpc) is 3.10. The monoisotopic (exact) mass is 429 g/mol. The van der Waals surface area contributed by atoms with Crippen molar-refractivity contribution in [3.8, 4) is 0 Å². The lowest BCUT2D eigenvalue weighted by molar-refractivity contribution is -0.119. The van der Waals surface area contributed by atoms with Crippen LogP contribution in [0.25, 0.3) is 0 Å². The van der Waals surface area contributed by atoms with E-state index in [1.165, 1.54) is 0 Å². The van der Waals surface area contributed by atoms with Crippen LogP contribution in [-0.2, 0) is 22.5 Å². The molecule has 2 aromatic heterocycles. The van der Waals surface area contributed by atoms with E-state index < -0.39 is 0 Å². The van der Waals surface area contributed by atoms with Crippen molar-refractivity contribution in [2.75, 3.05) is 32.2 Å². The third-order valence-electron chi connectivity index (χ3n) is 5.49. The molecule has 31 heavy (non-hydrogen) atoms. The Kier molecular flexibility index (Phi) is 7.04. The highest BCUT2D eigenvalue weighted by Crippen LogP contribution is 2.29. The number of aromatic nitrogens is 3. The third kappa shape index (κ3) is 4.76. The van der Waals surface area contributed by atoms with Crippen molar-refractivity contribution in [3.63, 3.8) is 0 Å². The minimum atomic E-state index is -0.186. The zero-order valence-electron chi connectivity index (χ0n) is 19.2. The van der Waals surface area contributed by atoms with Gasteiger partial charge in [0.1, 0.15) is 23.0 Å². The van der Waals surface area contributed by atoms with Gasteiger partial charge in [-0.2, -0.15) is 0 Å². The van der Waals surface area contributed by atoms with Gasteiger partial charge in [0.15, 0.2) is 0 Å². The first-order valence-corrected chi connectivity index (χ1v) is 10.6. The van der Waals surface area contributed by atoms with Crippen LogP contribution in [0.15, 0.2) is 4.52 Å². The second kappa shape index (κ2) is 9.55. The number of hydrogen-bond acceptors (Lipinski definition) is 7. The van der Waals surface area contributed by atoms with Gasteiger partial charge in [0.05, 0.1) is 12.2 Å². The fourth-order valence-electron chi connectivity index (χ4n) is 3.83. The molecule has 2 aromatic rings. The van der Waals surface area contributed by atoms with Crippen molar-refractivity contribution in [2.24, 2.45) is 0 Å². The van der Waals surface area contributed by atoms with Gasteiger partial charge in [-0.3, -0.25) is 14.5 Å². The summed E-state index contributed by atoms with van der Waals surface area (Å²) in [5.41, 5.74) is 2.97. The van der Waals surface area contributed by atoms with Crippen molar-refractivity contribution >= 4 is 17.6 Å². The fraction of sp³-hybridized carbons (Fsp3) is 0.591. The van der Waals surface area contributed by atoms with E-state index >= 15 is 0 Å². The fourth-order valence-corrected chi connectivity index (χ4v) is 3.83. The molecule has 0 saturated carbocycles. The molecular formula is C22H31N5O4. The molecule has 1 aliphatic heterocycles. The summed E-state index contributed by atoms with van der Waals surface area (Å²) in [5, 5.41) is 4.04. The molecule has 0 N–H and O–H groups in total. The summed E-state index contributed by atoms with van der Waals surface area (Å²) in [6.45, 7) is 8.94. The normalized spacial score (nSPS) is 13.6. The van der Waals surface area contributed by atoms with Crippen LogP contribution in [0.2, 0.25) is 0 Å². The van der Waals surface area contributed by atoms with Crippen LogP contribution >= 0.6 is 0 Å². The Morgan fingerprint density at radius 2 is 2.00 bits per heavy atom. The number of rotatable bonds is 8. The molecule has 0 atom stereocenters. The van der Waals surface area contributed by atoms with E-state index in [1.54, 1.807) is 30.9 Å². The molecule has 0 unspecified atom stereocenters. The molecule has 1 aliphatic rings. The summed E-state index contributed by atoms with van der Waals surface area (Å²) >= 11 is 0. The highest BCUT2D eigenvalue weighted by Gasteiger charge is 2.29. The summed E-state index contributed by atoms with van der Waals surface area (Å²) in [6.07, 6.45) is 1.81. The van der Waals surface area contributed by atoms with E-state index in [9.17, 15) is 9.59 Å². The average molecular weight is 430 g/mol. The van der Waals surface area contributed by atoms with Crippen LogP contribution in [0.5, 0.6) is 0 Å². The summed E-state index contributed by atoms with van der Waals surface area (Å²) < 4.78 is 10.4. The number of anilines is 1. The first-order valence-electron chi connectivity index (χ1n) is 10.6. The Balaban J connectivity index is 1.86. The second-order valence-electron chi connectivity index (χ2n) is 8.23. The molecule has 9 nitrogen and oxygen atoms in total. The van der Waals surface area contributed by atoms with Crippen molar-refractivity contribution in [1.29, 1.82) is 0 Å². The van der Waals surface area contributed by atoms with Crippen LogP contribution in [0.1, 0.15) is 71.5 Å². The number of ether oxygens (including phenoxy) is 1. The molecule has 0 fully saturated rings. The number of fused-ring (bicyclic) bond motifs is 1. The van der Waals surface area contributed by atoms with Crippen LogP contribution < -0.4 is 4.90 Å². The molecule has 2 amide bonds. The zero-order valence-corrected chi connectivity index (χ0v) is 19.2. The number of carbonyl (C=O) groups is 2. The van der Waals surface area contributed by atoms with E-state index in [1.807, 2.05) is 20.8 Å². The molecule has 0 radical (unpaired) electrons. The first kappa shape index (κ1) is 22.9. The van der Waals surface area contributed by atoms with Crippen LogP contribution in [0, 0.1) is 13.8 Å². The van der Waals surface area contributed by atoms with Crippen molar-refractivity contribution < 1.29 is 18.8 Å². The summed E-state index contributed by atoms with van der Waals surface area (Å²) in [7, 11) is 3.35. The van der Waals surface area contributed by atoms with Gasteiger partial charge in [0.2, 0.25) is 5.91 Å². The van der Waals surface area contributed by atoms with E-state index in [2.05, 4.69) is 15.1 Å². The highest BCUT2D eigenvalue weighted by atomic mass is 16.5. The number of nitrogens with zero attached hydrogens (tertiary/aromatic N) is 5. The van der Waals surface area contributed by atoms with Gasteiger partial charge in [-0.1, -0.05) is 19.0 Å². The minimum absolute atomic E-state index is 0.0544. The number of aryl methyl sites for hydroxylation is 2.